The molecule has 0 aliphatic heterocycles. The lowest BCUT2D eigenvalue weighted by Gasteiger charge is -2.06. The van der Waals surface area contributed by atoms with Gasteiger partial charge in [0.2, 0.25) is 0 Å². The summed E-state index contributed by atoms with van der Waals surface area (Å²) in [6.07, 6.45) is 0. The van der Waals surface area contributed by atoms with E-state index in [0.717, 1.165) is 28.0 Å². The van der Waals surface area contributed by atoms with E-state index < -0.39 is 0 Å². The molecule has 3 aromatic rings. The summed E-state index contributed by atoms with van der Waals surface area (Å²) in [6.45, 7) is 2.67. The second-order valence-electron chi connectivity index (χ2n) is 5.38. The maximum atomic E-state index is 5.85. The number of aromatic nitrogens is 3. The Morgan fingerprint density at radius 1 is 1.04 bits per heavy atom. The van der Waals surface area contributed by atoms with E-state index in [1.165, 1.54) is 5.56 Å². The van der Waals surface area contributed by atoms with Crippen molar-refractivity contribution in [1.82, 2.24) is 14.8 Å². The average molecular weight is 360 g/mol. The van der Waals surface area contributed by atoms with Crippen LogP contribution in [0.1, 0.15) is 5.56 Å². The zero-order valence-corrected chi connectivity index (χ0v) is 15.1. The Morgan fingerprint density at radius 2 is 1.75 bits per heavy atom. The van der Waals surface area contributed by atoms with Gasteiger partial charge in [-0.2, -0.15) is 0 Å². The smallest absolute Gasteiger partial charge is 0.191 e. The highest BCUT2D eigenvalue weighted by molar-refractivity contribution is 7.99. The number of benzene rings is 2. The van der Waals surface area contributed by atoms with Crippen molar-refractivity contribution in [3.63, 3.8) is 0 Å². The summed E-state index contributed by atoms with van der Waals surface area (Å²) in [6, 6.07) is 15.7. The molecule has 0 aliphatic carbocycles. The molecule has 0 fully saturated rings. The van der Waals surface area contributed by atoms with Gasteiger partial charge in [-0.1, -0.05) is 53.2 Å². The molecule has 0 saturated heterocycles. The first-order valence-corrected chi connectivity index (χ1v) is 8.97. The molecule has 0 bridgehead atoms. The van der Waals surface area contributed by atoms with Gasteiger partial charge in [0.25, 0.3) is 0 Å². The Kier molecular flexibility index (Phi) is 5.43. The van der Waals surface area contributed by atoms with Gasteiger partial charge in [0.1, 0.15) is 5.75 Å². The predicted octanol–water partition coefficient (Wildman–Crippen LogP) is 4.62. The third-order valence-corrected chi connectivity index (χ3v) is 4.78. The van der Waals surface area contributed by atoms with E-state index in [4.69, 9.17) is 16.3 Å². The van der Waals surface area contributed by atoms with Gasteiger partial charge in [-0.05, 0) is 31.2 Å². The van der Waals surface area contributed by atoms with E-state index >= 15 is 0 Å². The van der Waals surface area contributed by atoms with Crippen molar-refractivity contribution >= 4 is 23.4 Å². The van der Waals surface area contributed by atoms with Crippen LogP contribution >= 0.6 is 23.4 Å². The van der Waals surface area contributed by atoms with Crippen LogP contribution in [0.3, 0.4) is 0 Å². The number of nitrogens with zero attached hydrogens (tertiary/aromatic N) is 3. The van der Waals surface area contributed by atoms with Crippen molar-refractivity contribution in [1.29, 1.82) is 0 Å². The molecular formula is C18H18ClN3OS. The Morgan fingerprint density at radius 3 is 2.46 bits per heavy atom. The highest BCUT2D eigenvalue weighted by Crippen LogP contribution is 2.23. The number of halogens is 1. The molecule has 0 atom stereocenters. The minimum Gasteiger partial charge on any atom is -0.493 e. The molecule has 0 aliphatic rings. The number of hydrogen-bond acceptors (Lipinski definition) is 4. The molecule has 4 nitrogen and oxygen atoms in total. The third kappa shape index (κ3) is 4.10. The molecule has 124 valence electrons. The van der Waals surface area contributed by atoms with Gasteiger partial charge >= 0.3 is 0 Å². The second-order valence-corrected chi connectivity index (χ2v) is 6.88. The molecule has 2 aromatic carbocycles. The molecule has 0 spiro atoms. The van der Waals surface area contributed by atoms with Crippen molar-refractivity contribution in [3.05, 3.63) is 59.1 Å². The summed E-state index contributed by atoms with van der Waals surface area (Å²) in [5, 5.41) is 10.2. The van der Waals surface area contributed by atoms with Gasteiger partial charge in [0.15, 0.2) is 11.0 Å². The highest BCUT2D eigenvalue weighted by atomic mass is 35.5. The molecule has 0 N–H and O–H groups in total. The first-order valence-electron chi connectivity index (χ1n) is 7.61. The Hall–Kier alpha value is -1.98. The van der Waals surface area contributed by atoms with Crippen molar-refractivity contribution in [2.75, 3.05) is 12.4 Å². The van der Waals surface area contributed by atoms with Gasteiger partial charge in [-0.15, -0.1) is 10.2 Å². The van der Waals surface area contributed by atoms with Crippen molar-refractivity contribution < 1.29 is 4.74 Å². The predicted molar refractivity (Wildman–Crippen MR) is 98.8 cm³/mol. The topological polar surface area (TPSA) is 39.9 Å². The normalized spacial score (nSPS) is 10.8. The maximum absolute atomic E-state index is 5.85. The molecule has 1 heterocycles. The lowest BCUT2D eigenvalue weighted by molar-refractivity contribution is 0.344. The molecule has 0 saturated carbocycles. The molecule has 0 unspecified atom stereocenters. The average Bonchev–Trinajstić information content (AvgIpc) is 2.95. The van der Waals surface area contributed by atoms with Gasteiger partial charge in [-0.3, -0.25) is 0 Å². The number of ether oxygens (including phenoxy) is 1. The van der Waals surface area contributed by atoms with E-state index in [9.17, 15) is 0 Å². The van der Waals surface area contributed by atoms with Crippen molar-refractivity contribution in [3.8, 4) is 17.1 Å². The maximum Gasteiger partial charge on any atom is 0.191 e. The first kappa shape index (κ1) is 16.9. The van der Waals surface area contributed by atoms with Crippen LogP contribution in [0.15, 0.2) is 53.7 Å². The SMILES string of the molecule is Cc1ccc(-c2nnc(SCCOc3ccc(Cl)cc3)n2C)cc1. The number of rotatable bonds is 6. The number of thioether (sulfide) groups is 1. The van der Waals surface area contributed by atoms with E-state index in [-0.39, 0.29) is 0 Å². The molecule has 0 amide bonds. The zero-order chi connectivity index (χ0) is 16.9. The lowest BCUT2D eigenvalue weighted by atomic mass is 10.1. The Bertz CT molecular complexity index is 800. The van der Waals surface area contributed by atoms with Crippen LogP contribution in [-0.4, -0.2) is 27.1 Å². The summed E-state index contributed by atoms with van der Waals surface area (Å²) in [7, 11) is 1.98. The summed E-state index contributed by atoms with van der Waals surface area (Å²) >= 11 is 7.48. The fraction of sp³-hybridized carbons (Fsp3) is 0.222. The minimum atomic E-state index is 0.596. The number of aryl methyl sites for hydroxylation is 1. The largest absolute Gasteiger partial charge is 0.493 e. The van der Waals surface area contributed by atoms with Gasteiger partial charge < -0.3 is 9.30 Å². The van der Waals surface area contributed by atoms with Crippen molar-refractivity contribution in [2.45, 2.75) is 12.1 Å². The fourth-order valence-corrected chi connectivity index (χ4v) is 3.07. The highest BCUT2D eigenvalue weighted by Gasteiger charge is 2.10. The molecule has 0 radical (unpaired) electrons. The van der Waals surface area contributed by atoms with Crippen LogP contribution in [-0.2, 0) is 7.05 Å². The van der Waals surface area contributed by atoms with E-state index in [0.29, 0.717) is 11.6 Å². The molecule has 6 heteroatoms. The Labute approximate surface area is 150 Å². The molecule has 3 rings (SSSR count). The van der Waals surface area contributed by atoms with Gasteiger partial charge in [0.05, 0.1) is 6.61 Å². The van der Waals surface area contributed by atoms with E-state index in [2.05, 4.69) is 41.4 Å². The Balaban J connectivity index is 1.56. The fourth-order valence-electron chi connectivity index (χ4n) is 2.22. The zero-order valence-electron chi connectivity index (χ0n) is 13.6. The quantitative estimate of drug-likeness (QED) is 0.475. The van der Waals surface area contributed by atoms with Crippen LogP contribution in [0, 0.1) is 6.92 Å². The van der Waals surface area contributed by atoms with Crippen LogP contribution in [0.5, 0.6) is 5.75 Å². The first-order chi connectivity index (χ1) is 11.6. The lowest BCUT2D eigenvalue weighted by Crippen LogP contribution is -2.02. The number of hydrogen-bond donors (Lipinski definition) is 0. The van der Waals surface area contributed by atoms with Crippen LogP contribution in [0.2, 0.25) is 5.02 Å². The molecular weight excluding hydrogens is 342 g/mol. The standard InChI is InChI=1S/C18H18ClN3OS/c1-13-3-5-14(6-4-13)17-20-21-18(22(17)2)24-12-11-23-16-9-7-15(19)8-10-16/h3-10H,11-12H2,1-2H3. The summed E-state index contributed by atoms with van der Waals surface area (Å²) in [5.41, 5.74) is 2.30. The van der Waals surface area contributed by atoms with Gasteiger partial charge in [0, 0.05) is 23.4 Å². The van der Waals surface area contributed by atoms with Gasteiger partial charge in [-0.25, -0.2) is 0 Å². The summed E-state index contributed by atoms with van der Waals surface area (Å²) < 4.78 is 7.70. The van der Waals surface area contributed by atoms with Crippen LogP contribution < -0.4 is 4.74 Å². The third-order valence-electron chi connectivity index (χ3n) is 3.54. The monoisotopic (exact) mass is 359 g/mol. The second kappa shape index (κ2) is 7.73. The van der Waals surface area contributed by atoms with Crippen LogP contribution in [0.25, 0.3) is 11.4 Å². The summed E-state index contributed by atoms with van der Waals surface area (Å²) in [5.74, 6) is 2.48. The molecule has 1 aromatic heterocycles. The molecule has 24 heavy (non-hydrogen) atoms. The van der Waals surface area contributed by atoms with E-state index in [1.54, 1.807) is 11.8 Å². The van der Waals surface area contributed by atoms with E-state index in [1.807, 2.05) is 35.9 Å². The summed E-state index contributed by atoms with van der Waals surface area (Å²) in [4.78, 5) is 0. The van der Waals surface area contributed by atoms with Crippen molar-refractivity contribution in [2.24, 2.45) is 7.05 Å². The van der Waals surface area contributed by atoms with Crippen LogP contribution in [0.4, 0.5) is 0 Å². The minimum absolute atomic E-state index is 0.596.